The number of nitrogens with one attached hydrogen (secondary N) is 2. The predicted molar refractivity (Wildman–Crippen MR) is 122 cm³/mol. The van der Waals surface area contributed by atoms with E-state index in [0.717, 1.165) is 10.8 Å². The van der Waals surface area contributed by atoms with Crippen molar-refractivity contribution in [1.82, 2.24) is 0 Å². The van der Waals surface area contributed by atoms with Crippen LogP contribution in [0.1, 0.15) is 0 Å². The summed E-state index contributed by atoms with van der Waals surface area (Å²) in [5.41, 5.74) is 0.903. The molecule has 0 atom stereocenters. The van der Waals surface area contributed by atoms with Gasteiger partial charge >= 0.3 is 0 Å². The van der Waals surface area contributed by atoms with Gasteiger partial charge in [0.15, 0.2) is 6.61 Å². The van der Waals surface area contributed by atoms with Crippen molar-refractivity contribution in [2.24, 2.45) is 0 Å². The number of amides is 1. The van der Waals surface area contributed by atoms with E-state index in [1.165, 1.54) is 48.5 Å². The molecule has 4 rings (SSSR count). The molecule has 0 aromatic heterocycles. The van der Waals surface area contributed by atoms with Crippen molar-refractivity contribution >= 4 is 38.1 Å². The first kappa shape index (κ1) is 21.3. The number of benzene rings is 4. The highest BCUT2D eigenvalue weighted by molar-refractivity contribution is 7.92. The molecule has 0 saturated carbocycles. The van der Waals surface area contributed by atoms with Gasteiger partial charge in [-0.3, -0.25) is 9.52 Å². The Balaban J connectivity index is 1.41. The van der Waals surface area contributed by atoms with Gasteiger partial charge in [0.2, 0.25) is 0 Å². The highest BCUT2D eigenvalue weighted by Crippen LogP contribution is 2.26. The van der Waals surface area contributed by atoms with Gasteiger partial charge in [0.05, 0.1) is 10.6 Å². The quantitative estimate of drug-likeness (QED) is 0.424. The van der Waals surface area contributed by atoms with E-state index in [0.29, 0.717) is 17.1 Å². The number of hydrogen-bond acceptors (Lipinski definition) is 4. The first-order valence-electron chi connectivity index (χ1n) is 9.70. The molecule has 162 valence electrons. The van der Waals surface area contributed by atoms with E-state index < -0.39 is 21.7 Å². The van der Waals surface area contributed by atoms with Crippen LogP contribution in [0, 0.1) is 5.82 Å². The maximum atomic E-state index is 12.9. The normalized spacial score (nSPS) is 11.2. The smallest absolute Gasteiger partial charge is 0.262 e. The second-order valence-corrected chi connectivity index (χ2v) is 8.63. The van der Waals surface area contributed by atoms with Gasteiger partial charge in [0.1, 0.15) is 11.6 Å². The molecular formula is C24H19FN2O4S. The Morgan fingerprint density at radius 1 is 0.844 bits per heavy atom. The van der Waals surface area contributed by atoms with Crippen LogP contribution in [0.25, 0.3) is 10.8 Å². The molecule has 4 aromatic carbocycles. The maximum Gasteiger partial charge on any atom is 0.262 e. The minimum absolute atomic E-state index is 0.0611. The highest BCUT2D eigenvalue weighted by atomic mass is 32.2. The average Bonchev–Trinajstić information content (AvgIpc) is 2.79. The van der Waals surface area contributed by atoms with E-state index in [4.69, 9.17) is 4.74 Å². The minimum Gasteiger partial charge on any atom is -0.484 e. The number of fused-ring (bicyclic) bond motifs is 1. The summed E-state index contributed by atoms with van der Waals surface area (Å²) >= 11 is 0. The van der Waals surface area contributed by atoms with Gasteiger partial charge in [-0.05, 0) is 60.0 Å². The second kappa shape index (κ2) is 9.07. The zero-order valence-corrected chi connectivity index (χ0v) is 17.6. The molecule has 0 heterocycles. The van der Waals surface area contributed by atoms with Crippen LogP contribution in [0.5, 0.6) is 5.75 Å². The summed E-state index contributed by atoms with van der Waals surface area (Å²) in [6.45, 7) is -0.270. The molecule has 2 N–H and O–H groups in total. The fraction of sp³-hybridized carbons (Fsp3) is 0.0417. The third-order valence-electron chi connectivity index (χ3n) is 4.67. The predicted octanol–water partition coefficient (Wildman–Crippen LogP) is 4.80. The Kier molecular flexibility index (Phi) is 6.04. The van der Waals surface area contributed by atoms with Crippen LogP contribution in [0.2, 0.25) is 0 Å². The fourth-order valence-corrected chi connectivity index (χ4v) is 4.19. The van der Waals surface area contributed by atoms with Crippen molar-refractivity contribution in [3.63, 3.8) is 0 Å². The summed E-state index contributed by atoms with van der Waals surface area (Å²) in [6, 6.07) is 24.0. The lowest BCUT2D eigenvalue weighted by Gasteiger charge is -2.12. The molecule has 0 spiro atoms. The summed E-state index contributed by atoms with van der Waals surface area (Å²) < 4.78 is 46.4. The highest BCUT2D eigenvalue weighted by Gasteiger charge is 2.16. The van der Waals surface area contributed by atoms with Gasteiger partial charge in [-0.15, -0.1) is 0 Å². The van der Waals surface area contributed by atoms with Crippen molar-refractivity contribution in [1.29, 1.82) is 0 Å². The average molecular weight is 450 g/mol. The molecule has 0 saturated heterocycles. The third-order valence-corrected chi connectivity index (χ3v) is 6.05. The number of anilines is 2. The maximum absolute atomic E-state index is 12.9. The van der Waals surface area contributed by atoms with E-state index in [-0.39, 0.29) is 11.5 Å². The van der Waals surface area contributed by atoms with E-state index in [1.54, 1.807) is 12.1 Å². The van der Waals surface area contributed by atoms with Gasteiger partial charge in [-0.25, -0.2) is 12.8 Å². The topological polar surface area (TPSA) is 84.5 Å². The summed E-state index contributed by atoms with van der Waals surface area (Å²) in [6.07, 6.45) is 0. The number of rotatable bonds is 7. The molecule has 0 bridgehead atoms. The molecule has 0 unspecified atom stereocenters. The van der Waals surface area contributed by atoms with Crippen molar-refractivity contribution in [3.05, 3.63) is 96.8 Å². The SMILES string of the molecule is O=C(COc1ccc(F)cc1)Nc1ccc(S(=O)(=O)Nc2cccc3ccccc23)cc1. The largest absolute Gasteiger partial charge is 0.484 e. The van der Waals surface area contributed by atoms with Gasteiger partial charge in [-0.1, -0.05) is 36.4 Å². The molecule has 32 heavy (non-hydrogen) atoms. The van der Waals surface area contributed by atoms with Gasteiger partial charge < -0.3 is 10.1 Å². The molecule has 0 radical (unpaired) electrons. The zero-order valence-electron chi connectivity index (χ0n) is 16.8. The van der Waals surface area contributed by atoms with Crippen LogP contribution in [0.3, 0.4) is 0 Å². The molecule has 0 aliphatic carbocycles. The van der Waals surface area contributed by atoms with Crippen LogP contribution >= 0.6 is 0 Å². The van der Waals surface area contributed by atoms with Gasteiger partial charge in [0, 0.05) is 11.1 Å². The summed E-state index contributed by atoms with van der Waals surface area (Å²) in [7, 11) is -3.82. The molecular weight excluding hydrogens is 431 g/mol. The summed E-state index contributed by atoms with van der Waals surface area (Å²) in [5.74, 6) is -0.465. The number of sulfonamides is 1. The molecule has 6 nitrogen and oxygen atoms in total. The van der Waals surface area contributed by atoms with Crippen LogP contribution in [0.15, 0.2) is 95.9 Å². The lowest BCUT2D eigenvalue weighted by molar-refractivity contribution is -0.118. The van der Waals surface area contributed by atoms with Crippen LogP contribution < -0.4 is 14.8 Å². The number of hydrogen-bond donors (Lipinski definition) is 2. The Hall–Kier alpha value is -3.91. The zero-order chi connectivity index (χ0) is 22.6. The second-order valence-electron chi connectivity index (χ2n) is 6.95. The minimum atomic E-state index is -3.82. The fourth-order valence-electron chi connectivity index (χ4n) is 3.11. The number of halogens is 1. The Labute approximate surface area is 184 Å². The molecule has 4 aromatic rings. The standard InChI is InChI=1S/C24H19FN2O4S/c25-18-8-12-20(13-9-18)31-16-24(28)26-19-10-14-21(15-11-19)32(29,30)27-23-7-3-5-17-4-1-2-6-22(17)23/h1-15,27H,16H2,(H,26,28). The van der Waals surface area contributed by atoms with Crippen molar-refractivity contribution in [2.75, 3.05) is 16.6 Å². The number of ether oxygens (including phenoxy) is 1. The lowest BCUT2D eigenvalue weighted by atomic mass is 10.1. The van der Waals surface area contributed by atoms with Crippen molar-refractivity contribution in [2.45, 2.75) is 4.90 Å². The monoisotopic (exact) mass is 450 g/mol. The van der Waals surface area contributed by atoms with Crippen molar-refractivity contribution < 1.29 is 22.3 Å². The van der Waals surface area contributed by atoms with Gasteiger partial charge in [-0.2, -0.15) is 0 Å². The van der Waals surface area contributed by atoms with E-state index in [1.807, 2.05) is 30.3 Å². The van der Waals surface area contributed by atoms with Crippen LogP contribution in [-0.4, -0.2) is 20.9 Å². The molecule has 0 aliphatic heterocycles. The molecule has 0 aliphatic rings. The number of carbonyl (C=O) groups excluding carboxylic acids is 1. The Bertz CT molecular complexity index is 1350. The van der Waals surface area contributed by atoms with Crippen LogP contribution in [-0.2, 0) is 14.8 Å². The first-order valence-corrected chi connectivity index (χ1v) is 11.2. The summed E-state index contributed by atoms with van der Waals surface area (Å²) in [4.78, 5) is 12.1. The van der Waals surface area contributed by atoms with Crippen molar-refractivity contribution in [3.8, 4) is 5.75 Å². The molecule has 8 heteroatoms. The van der Waals surface area contributed by atoms with E-state index in [9.17, 15) is 17.6 Å². The van der Waals surface area contributed by atoms with Crippen LogP contribution in [0.4, 0.5) is 15.8 Å². The van der Waals surface area contributed by atoms with Gasteiger partial charge in [0.25, 0.3) is 15.9 Å². The Morgan fingerprint density at radius 3 is 2.28 bits per heavy atom. The lowest BCUT2D eigenvalue weighted by Crippen LogP contribution is -2.20. The molecule has 0 fully saturated rings. The summed E-state index contributed by atoms with van der Waals surface area (Å²) in [5, 5.41) is 4.34. The third kappa shape index (κ3) is 5.04. The van der Waals surface area contributed by atoms with E-state index in [2.05, 4.69) is 10.0 Å². The first-order chi connectivity index (χ1) is 15.4. The number of carbonyl (C=O) groups is 1. The Morgan fingerprint density at radius 2 is 1.53 bits per heavy atom. The molecule has 1 amide bonds. The van der Waals surface area contributed by atoms with E-state index >= 15 is 0 Å².